The van der Waals surface area contributed by atoms with Crippen molar-refractivity contribution in [2.24, 2.45) is 0 Å². The zero-order valence-electron chi connectivity index (χ0n) is 10.6. The smallest absolute Gasteiger partial charge is 0.119 e. The van der Waals surface area contributed by atoms with E-state index < -0.39 is 0 Å². The highest BCUT2D eigenvalue weighted by Gasteiger charge is 2.03. The lowest BCUT2D eigenvalue weighted by Gasteiger charge is -2.14. The molecule has 0 heterocycles. The van der Waals surface area contributed by atoms with Crippen LogP contribution in [0.2, 0.25) is 0 Å². The van der Waals surface area contributed by atoms with Gasteiger partial charge in [0.1, 0.15) is 5.75 Å². The lowest BCUT2D eigenvalue weighted by Crippen LogP contribution is -2.19. The van der Waals surface area contributed by atoms with Crippen LogP contribution in [-0.4, -0.2) is 13.2 Å². The quantitative estimate of drug-likeness (QED) is 0.711. The van der Waals surface area contributed by atoms with Crippen LogP contribution in [0.3, 0.4) is 0 Å². The topological polar surface area (TPSA) is 21.3 Å². The summed E-state index contributed by atoms with van der Waals surface area (Å²) in [6, 6.07) is 8.76. The molecule has 0 saturated heterocycles. The molecule has 2 heteroatoms. The van der Waals surface area contributed by atoms with Crippen LogP contribution in [0.4, 0.5) is 0 Å². The first-order valence-corrected chi connectivity index (χ1v) is 6.24. The summed E-state index contributed by atoms with van der Waals surface area (Å²) in [6.07, 6.45) is 2.48. The molecule has 90 valence electrons. The maximum Gasteiger partial charge on any atom is 0.119 e. The molecule has 1 N–H and O–H groups in total. The summed E-state index contributed by atoms with van der Waals surface area (Å²) in [4.78, 5) is 0. The van der Waals surface area contributed by atoms with Gasteiger partial charge in [-0.1, -0.05) is 25.5 Å². The zero-order valence-corrected chi connectivity index (χ0v) is 10.6. The maximum atomic E-state index is 5.42. The van der Waals surface area contributed by atoms with Crippen molar-refractivity contribution in [3.63, 3.8) is 0 Å². The van der Waals surface area contributed by atoms with Gasteiger partial charge in [-0.3, -0.25) is 0 Å². The molecule has 1 rings (SSSR count). The van der Waals surface area contributed by atoms with Gasteiger partial charge in [-0.15, -0.1) is 0 Å². The van der Waals surface area contributed by atoms with Gasteiger partial charge < -0.3 is 10.1 Å². The molecule has 0 spiro atoms. The molecule has 0 aliphatic carbocycles. The van der Waals surface area contributed by atoms with Gasteiger partial charge in [0.05, 0.1) is 6.61 Å². The van der Waals surface area contributed by atoms with Crippen molar-refractivity contribution >= 4 is 0 Å². The van der Waals surface area contributed by atoms with Gasteiger partial charge in [0.15, 0.2) is 0 Å². The molecule has 0 saturated carbocycles. The van der Waals surface area contributed by atoms with Crippen molar-refractivity contribution in [3.05, 3.63) is 29.8 Å². The van der Waals surface area contributed by atoms with Crippen LogP contribution >= 0.6 is 0 Å². The SMILES string of the molecule is CCCCN[C@@H](C)c1ccc(OCC)cc1. The predicted molar refractivity (Wildman–Crippen MR) is 68.9 cm³/mol. The summed E-state index contributed by atoms with van der Waals surface area (Å²) in [5, 5.41) is 3.51. The third-order valence-corrected chi connectivity index (χ3v) is 2.67. The fourth-order valence-electron chi connectivity index (χ4n) is 1.63. The summed E-state index contributed by atoms with van der Waals surface area (Å²) in [7, 11) is 0. The Labute approximate surface area is 99.0 Å². The Morgan fingerprint density at radius 1 is 1.19 bits per heavy atom. The first-order valence-electron chi connectivity index (χ1n) is 6.24. The monoisotopic (exact) mass is 221 g/mol. The average Bonchev–Trinajstić information content (AvgIpc) is 2.30. The first-order chi connectivity index (χ1) is 7.77. The Morgan fingerprint density at radius 3 is 2.44 bits per heavy atom. The lowest BCUT2D eigenvalue weighted by atomic mass is 10.1. The first kappa shape index (κ1) is 13.0. The van der Waals surface area contributed by atoms with Crippen molar-refractivity contribution < 1.29 is 4.74 Å². The third-order valence-electron chi connectivity index (χ3n) is 2.67. The van der Waals surface area contributed by atoms with E-state index in [1.165, 1.54) is 18.4 Å². The van der Waals surface area contributed by atoms with Crippen LogP contribution < -0.4 is 10.1 Å². The van der Waals surface area contributed by atoms with E-state index in [9.17, 15) is 0 Å². The standard InChI is InChI=1S/C14H23NO/c1-4-6-11-15-12(3)13-7-9-14(10-8-13)16-5-2/h7-10,12,15H,4-6,11H2,1-3H3/t12-/m0/s1. The Kier molecular flexibility index (Phi) is 5.94. The van der Waals surface area contributed by atoms with Gasteiger partial charge >= 0.3 is 0 Å². The molecule has 1 aromatic rings. The molecule has 0 aliphatic rings. The van der Waals surface area contributed by atoms with E-state index in [4.69, 9.17) is 4.74 Å². The van der Waals surface area contributed by atoms with Crippen molar-refractivity contribution in [2.45, 2.75) is 39.7 Å². The molecule has 16 heavy (non-hydrogen) atoms. The summed E-state index contributed by atoms with van der Waals surface area (Å²) in [5.74, 6) is 0.951. The minimum atomic E-state index is 0.419. The van der Waals surface area contributed by atoms with E-state index in [-0.39, 0.29) is 0 Å². The second kappa shape index (κ2) is 7.29. The molecule has 0 bridgehead atoms. The Hall–Kier alpha value is -1.02. The number of hydrogen-bond donors (Lipinski definition) is 1. The number of hydrogen-bond acceptors (Lipinski definition) is 2. The molecule has 0 fully saturated rings. The molecular formula is C14H23NO. The molecule has 0 amide bonds. The lowest BCUT2D eigenvalue weighted by molar-refractivity contribution is 0.340. The highest BCUT2D eigenvalue weighted by molar-refractivity contribution is 5.28. The number of benzene rings is 1. The van der Waals surface area contributed by atoms with Gasteiger partial charge in [-0.2, -0.15) is 0 Å². The molecule has 0 aliphatic heterocycles. The van der Waals surface area contributed by atoms with Crippen LogP contribution in [0.15, 0.2) is 24.3 Å². The van der Waals surface area contributed by atoms with E-state index >= 15 is 0 Å². The molecular weight excluding hydrogens is 198 g/mol. The van der Waals surface area contributed by atoms with Gasteiger partial charge in [0.25, 0.3) is 0 Å². The number of nitrogens with one attached hydrogen (secondary N) is 1. The van der Waals surface area contributed by atoms with Gasteiger partial charge in [-0.05, 0) is 44.5 Å². The fraction of sp³-hybridized carbons (Fsp3) is 0.571. The molecule has 2 nitrogen and oxygen atoms in total. The number of unbranched alkanes of at least 4 members (excludes halogenated alkanes) is 1. The van der Waals surface area contributed by atoms with Crippen LogP contribution in [-0.2, 0) is 0 Å². The summed E-state index contributed by atoms with van der Waals surface area (Å²) in [5.41, 5.74) is 1.32. The Balaban J connectivity index is 2.46. The summed E-state index contributed by atoms with van der Waals surface area (Å²) < 4.78 is 5.42. The number of rotatable bonds is 7. The predicted octanol–water partition coefficient (Wildman–Crippen LogP) is 3.54. The minimum absolute atomic E-state index is 0.419. The average molecular weight is 221 g/mol. The molecule has 0 radical (unpaired) electrons. The molecule has 1 aromatic carbocycles. The van der Waals surface area contributed by atoms with Crippen molar-refractivity contribution in [3.8, 4) is 5.75 Å². The highest BCUT2D eigenvalue weighted by atomic mass is 16.5. The van der Waals surface area contributed by atoms with Gasteiger partial charge in [-0.25, -0.2) is 0 Å². The molecule has 0 unspecified atom stereocenters. The third kappa shape index (κ3) is 4.23. The van der Waals surface area contributed by atoms with Crippen LogP contribution in [0, 0.1) is 0 Å². The van der Waals surface area contributed by atoms with Gasteiger partial charge in [0.2, 0.25) is 0 Å². The molecule has 1 atom stereocenters. The van der Waals surface area contributed by atoms with Crippen LogP contribution in [0.25, 0.3) is 0 Å². The van der Waals surface area contributed by atoms with E-state index in [0.29, 0.717) is 6.04 Å². The van der Waals surface area contributed by atoms with E-state index in [2.05, 4.69) is 31.3 Å². The second-order valence-corrected chi connectivity index (χ2v) is 4.03. The largest absolute Gasteiger partial charge is 0.494 e. The zero-order chi connectivity index (χ0) is 11.8. The van der Waals surface area contributed by atoms with E-state index in [1.807, 2.05) is 19.1 Å². The fourth-order valence-corrected chi connectivity index (χ4v) is 1.63. The number of ether oxygens (including phenoxy) is 1. The van der Waals surface area contributed by atoms with Crippen molar-refractivity contribution in [1.29, 1.82) is 0 Å². The normalized spacial score (nSPS) is 12.4. The second-order valence-electron chi connectivity index (χ2n) is 4.03. The Morgan fingerprint density at radius 2 is 1.88 bits per heavy atom. The highest BCUT2D eigenvalue weighted by Crippen LogP contribution is 2.17. The minimum Gasteiger partial charge on any atom is -0.494 e. The van der Waals surface area contributed by atoms with E-state index in [0.717, 1.165) is 18.9 Å². The maximum absolute atomic E-state index is 5.42. The van der Waals surface area contributed by atoms with Crippen LogP contribution in [0.1, 0.15) is 45.2 Å². The van der Waals surface area contributed by atoms with Crippen molar-refractivity contribution in [2.75, 3.05) is 13.2 Å². The Bertz CT molecular complexity index is 281. The van der Waals surface area contributed by atoms with E-state index in [1.54, 1.807) is 0 Å². The summed E-state index contributed by atoms with van der Waals surface area (Å²) >= 11 is 0. The van der Waals surface area contributed by atoms with Crippen molar-refractivity contribution in [1.82, 2.24) is 5.32 Å². The van der Waals surface area contributed by atoms with Crippen LogP contribution in [0.5, 0.6) is 5.75 Å². The van der Waals surface area contributed by atoms with Gasteiger partial charge in [0, 0.05) is 6.04 Å². The molecule has 0 aromatic heterocycles. The summed E-state index contributed by atoms with van der Waals surface area (Å²) in [6.45, 7) is 8.23.